The van der Waals surface area contributed by atoms with Gasteiger partial charge in [0, 0.05) is 22.0 Å². The fourth-order valence-electron chi connectivity index (χ4n) is 4.08. The Morgan fingerprint density at radius 3 is 1.89 bits per heavy atom. The minimum Gasteiger partial charge on any atom is -0.0616 e. The standard InChI is InChI=1S/C26H21S/c1-27(2)25-14-8-7-13-23(25)26-22-12-6-5-11-20(22)16-21-15-18-9-3-4-10-19(18)17-24(21)26/h3-17H,1-2H3/q+1. The lowest BCUT2D eigenvalue weighted by molar-refractivity contribution is 1.45. The average molecular weight is 366 g/mol. The Labute approximate surface area is 162 Å². The van der Waals surface area contributed by atoms with E-state index in [0.717, 1.165) is 0 Å². The fourth-order valence-corrected chi connectivity index (χ4v) is 5.04. The average Bonchev–Trinajstić information content (AvgIpc) is 2.70. The fraction of sp³-hybridized carbons (Fsp3) is 0.0769. The molecule has 0 saturated carbocycles. The zero-order valence-corrected chi connectivity index (χ0v) is 16.4. The van der Waals surface area contributed by atoms with Gasteiger partial charge in [-0.25, -0.2) is 0 Å². The van der Waals surface area contributed by atoms with Crippen molar-refractivity contribution in [3.63, 3.8) is 0 Å². The molecule has 130 valence electrons. The van der Waals surface area contributed by atoms with Crippen LogP contribution in [0.2, 0.25) is 0 Å². The minimum absolute atomic E-state index is 0.196. The maximum Gasteiger partial charge on any atom is 0.162 e. The van der Waals surface area contributed by atoms with Gasteiger partial charge in [0.25, 0.3) is 0 Å². The molecular weight excluding hydrogens is 344 g/mol. The lowest BCUT2D eigenvalue weighted by atomic mass is 9.90. The number of hydrogen-bond acceptors (Lipinski definition) is 0. The van der Waals surface area contributed by atoms with Gasteiger partial charge < -0.3 is 0 Å². The molecule has 0 aromatic heterocycles. The van der Waals surface area contributed by atoms with Crippen LogP contribution in [0.25, 0.3) is 43.4 Å². The van der Waals surface area contributed by atoms with Crippen LogP contribution in [0.1, 0.15) is 0 Å². The second-order valence-electron chi connectivity index (χ2n) is 7.21. The lowest BCUT2D eigenvalue weighted by Crippen LogP contribution is -1.99. The molecule has 0 heterocycles. The van der Waals surface area contributed by atoms with E-state index in [4.69, 9.17) is 0 Å². The predicted molar refractivity (Wildman–Crippen MR) is 122 cm³/mol. The summed E-state index contributed by atoms with van der Waals surface area (Å²) in [4.78, 5) is 1.43. The summed E-state index contributed by atoms with van der Waals surface area (Å²) in [6, 6.07) is 33.4. The van der Waals surface area contributed by atoms with Crippen molar-refractivity contribution < 1.29 is 0 Å². The maximum atomic E-state index is 2.37. The van der Waals surface area contributed by atoms with Crippen LogP contribution in [0, 0.1) is 0 Å². The Morgan fingerprint density at radius 2 is 1.11 bits per heavy atom. The van der Waals surface area contributed by atoms with Gasteiger partial charge >= 0.3 is 0 Å². The monoisotopic (exact) mass is 365 g/mol. The Hall–Kier alpha value is -2.77. The third-order valence-corrected chi connectivity index (χ3v) is 6.56. The van der Waals surface area contributed by atoms with Gasteiger partial charge in [0.2, 0.25) is 0 Å². The Kier molecular flexibility index (Phi) is 3.91. The van der Waals surface area contributed by atoms with Crippen LogP contribution in [0.5, 0.6) is 0 Å². The van der Waals surface area contributed by atoms with Crippen molar-refractivity contribution in [2.45, 2.75) is 4.90 Å². The highest BCUT2D eigenvalue weighted by atomic mass is 32.2. The van der Waals surface area contributed by atoms with E-state index in [-0.39, 0.29) is 10.9 Å². The summed E-state index contributed by atoms with van der Waals surface area (Å²) >= 11 is 0. The predicted octanol–water partition coefficient (Wildman–Crippen LogP) is 7.05. The normalized spacial score (nSPS) is 11.7. The van der Waals surface area contributed by atoms with Gasteiger partial charge in [0.1, 0.15) is 12.5 Å². The molecule has 0 unspecified atom stereocenters. The third kappa shape index (κ3) is 2.70. The molecule has 0 aliphatic carbocycles. The first kappa shape index (κ1) is 16.4. The van der Waals surface area contributed by atoms with Gasteiger partial charge in [-0.1, -0.05) is 60.7 Å². The van der Waals surface area contributed by atoms with E-state index in [1.54, 1.807) is 0 Å². The molecule has 0 N–H and O–H groups in total. The SMILES string of the molecule is C[S+](C)c1ccccc1-c1c2ccccc2cc2cc3ccccc3cc12. The smallest absolute Gasteiger partial charge is 0.0616 e. The highest BCUT2D eigenvalue weighted by Crippen LogP contribution is 2.40. The van der Waals surface area contributed by atoms with Crippen LogP contribution in [0.3, 0.4) is 0 Å². The maximum absolute atomic E-state index is 2.37. The molecule has 0 spiro atoms. The summed E-state index contributed by atoms with van der Waals surface area (Å²) in [6.07, 6.45) is 4.61. The van der Waals surface area contributed by atoms with Crippen molar-refractivity contribution in [2.75, 3.05) is 12.5 Å². The molecule has 0 bridgehead atoms. The van der Waals surface area contributed by atoms with Crippen molar-refractivity contribution >= 4 is 43.2 Å². The first-order chi connectivity index (χ1) is 13.2. The van der Waals surface area contributed by atoms with Crippen molar-refractivity contribution in [2.24, 2.45) is 0 Å². The van der Waals surface area contributed by atoms with E-state index in [2.05, 4.69) is 104 Å². The van der Waals surface area contributed by atoms with Crippen LogP contribution in [0.15, 0.2) is 95.9 Å². The third-order valence-electron chi connectivity index (χ3n) is 5.32. The zero-order chi connectivity index (χ0) is 18.4. The van der Waals surface area contributed by atoms with Crippen molar-refractivity contribution in [1.82, 2.24) is 0 Å². The molecule has 0 saturated heterocycles. The molecule has 0 atom stereocenters. The van der Waals surface area contributed by atoms with Gasteiger partial charge in [0.15, 0.2) is 4.90 Å². The summed E-state index contributed by atoms with van der Waals surface area (Å²) in [5.74, 6) is 0. The summed E-state index contributed by atoms with van der Waals surface area (Å²) in [5, 5.41) is 7.88. The van der Waals surface area contributed by atoms with Crippen LogP contribution in [-0.4, -0.2) is 12.5 Å². The van der Waals surface area contributed by atoms with Crippen molar-refractivity contribution in [3.8, 4) is 11.1 Å². The summed E-state index contributed by atoms with van der Waals surface area (Å²) < 4.78 is 0. The molecule has 5 rings (SSSR count). The van der Waals surface area contributed by atoms with Crippen LogP contribution < -0.4 is 0 Å². The summed E-state index contributed by atoms with van der Waals surface area (Å²) in [6.45, 7) is 0. The first-order valence-corrected chi connectivity index (χ1v) is 11.3. The number of hydrogen-bond donors (Lipinski definition) is 0. The van der Waals surface area contributed by atoms with E-state index >= 15 is 0 Å². The topological polar surface area (TPSA) is 0 Å². The van der Waals surface area contributed by atoms with Gasteiger partial charge in [-0.3, -0.25) is 0 Å². The van der Waals surface area contributed by atoms with E-state index in [0.29, 0.717) is 0 Å². The van der Waals surface area contributed by atoms with Crippen molar-refractivity contribution in [1.29, 1.82) is 0 Å². The molecule has 0 nitrogen and oxygen atoms in total. The van der Waals surface area contributed by atoms with Crippen LogP contribution in [-0.2, 0) is 10.9 Å². The molecule has 0 amide bonds. The number of fused-ring (bicyclic) bond motifs is 3. The highest BCUT2D eigenvalue weighted by molar-refractivity contribution is 7.95. The van der Waals surface area contributed by atoms with Gasteiger partial charge in [-0.15, -0.1) is 0 Å². The zero-order valence-electron chi connectivity index (χ0n) is 15.6. The Balaban J connectivity index is 2.00. The van der Waals surface area contributed by atoms with E-state index < -0.39 is 0 Å². The molecule has 27 heavy (non-hydrogen) atoms. The number of benzene rings is 5. The largest absolute Gasteiger partial charge is 0.162 e. The molecule has 5 aromatic carbocycles. The second kappa shape index (κ2) is 6.44. The van der Waals surface area contributed by atoms with Crippen molar-refractivity contribution in [3.05, 3.63) is 91.0 Å². The van der Waals surface area contributed by atoms with Gasteiger partial charge in [-0.05, 0) is 62.6 Å². The van der Waals surface area contributed by atoms with Crippen LogP contribution >= 0.6 is 0 Å². The Bertz CT molecular complexity index is 1290. The van der Waals surface area contributed by atoms with Crippen LogP contribution in [0.4, 0.5) is 0 Å². The van der Waals surface area contributed by atoms with E-state index in [9.17, 15) is 0 Å². The molecule has 5 aromatic rings. The summed E-state index contributed by atoms with van der Waals surface area (Å²) in [7, 11) is 0.196. The van der Waals surface area contributed by atoms with Gasteiger partial charge in [-0.2, -0.15) is 0 Å². The second-order valence-corrected chi connectivity index (χ2v) is 9.28. The summed E-state index contributed by atoms with van der Waals surface area (Å²) in [5.41, 5.74) is 2.73. The molecular formula is C26H21S+. The highest BCUT2D eigenvalue weighted by Gasteiger charge is 2.19. The molecule has 0 fully saturated rings. The molecule has 0 aliphatic heterocycles. The molecule has 0 radical (unpaired) electrons. The van der Waals surface area contributed by atoms with E-state index in [1.807, 2.05) is 0 Å². The molecule has 1 heteroatoms. The van der Waals surface area contributed by atoms with E-state index in [1.165, 1.54) is 48.3 Å². The number of rotatable bonds is 2. The Morgan fingerprint density at radius 1 is 0.519 bits per heavy atom. The molecule has 0 aliphatic rings. The lowest BCUT2D eigenvalue weighted by Gasteiger charge is -2.15. The van der Waals surface area contributed by atoms with Gasteiger partial charge in [0.05, 0.1) is 0 Å². The quantitative estimate of drug-likeness (QED) is 0.232. The minimum atomic E-state index is 0.196. The first-order valence-electron chi connectivity index (χ1n) is 9.23.